The van der Waals surface area contributed by atoms with Gasteiger partial charge >= 0.3 is 0 Å². The molecule has 1 aromatic rings. The first-order valence-corrected chi connectivity index (χ1v) is 7.17. The van der Waals surface area contributed by atoms with Gasteiger partial charge in [-0.15, -0.1) is 0 Å². The fourth-order valence-electron chi connectivity index (χ4n) is 1.80. The number of ketones is 1. The van der Waals surface area contributed by atoms with E-state index in [1.807, 2.05) is 24.3 Å². The minimum atomic E-state index is 0.266. The fraction of sp³-hybridized carbons (Fsp3) is 0.533. The van der Waals surface area contributed by atoms with Gasteiger partial charge in [0.1, 0.15) is 0 Å². The molecule has 0 aliphatic carbocycles. The van der Waals surface area contributed by atoms with E-state index >= 15 is 0 Å². The second kappa shape index (κ2) is 7.65. The van der Waals surface area contributed by atoms with Crippen LogP contribution in [-0.4, -0.2) is 5.78 Å². The molecule has 0 aliphatic heterocycles. The van der Waals surface area contributed by atoms with Crippen molar-refractivity contribution in [3.05, 3.63) is 34.3 Å². The van der Waals surface area contributed by atoms with E-state index < -0.39 is 0 Å². The smallest absolute Gasteiger partial charge is 0.162 e. The summed E-state index contributed by atoms with van der Waals surface area (Å²) < 4.78 is 1.02. The zero-order valence-electron chi connectivity index (χ0n) is 10.7. The first kappa shape index (κ1) is 14.4. The monoisotopic (exact) mass is 296 g/mol. The maximum atomic E-state index is 11.8. The van der Waals surface area contributed by atoms with Gasteiger partial charge in [-0.3, -0.25) is 4.79 Å². The summed E-state index contributed by atoms with van der Waals surface area (Å²) in [5.74, 6) is 1.04. The van der Waals surface area contributed by atoms with Gasteiger partial charge in [0, 0.05) is 16.5 Å². The summed E-state index contributed by atoms with van der Waals surface area (Å²) in [5.41, 5.74) is 0.831. The standard InChI is InChI=1S/C15H21BrO/c1-12(2)6-4-3-5-7-15(17)13-8-10-14(16)11-9-13/h8-12H,3-7H2,1-2H3. The lowest BCUT2D eigenvalue weighted by Gasteiger charge is -2.04. The third-order valence-electron chi connectivity index (χ3n) is 2.85. The molecule has 0 spiro atoms. The average Bonchev–Trinajstić information content (AvgIpc) is 2.29. The third kappa shape index (κ3) is 6.02. The fourth-order valence-corrected chi connectivity index (χ4v) is 2.06. The minimum absolute atomic E-state index is 0.266. The van der Waals surface area contributed by atoms with Gasteiger partial charge in [-0.25, -0.2) is 0 Å². The molecule has 0 aliphatic rings. The van der Waals surface area contributed by atoms with Crippen LogP contribution in [0.1, 0.15) is 56.3 Å². The number of carbonyl (C=O) groups is 1. The van der Waals surface area contributed by atoms with Crippen LogP contribution in [0.5, 0.6) is 0 Å². The average molecular weight is 297 g/mol. The highest BCUT2D eigenvalue weighted by Crippen LogP contribution is 2.14. The van der Waals surface area contributed by atoms with Crippen LogP contribution in [-0.2, 0) is 0 Å². The molecule has 0 fully saturated rings. The topological polar surface area (TPSA) is 17.1 Å². The Morgan fingerprint density at radius 1 is 1.12 bits per heavy atom. The van der Waals surface area contributed by atoms with E-state index in [1.54, 1.807) is 0 Å². The number of rotatable bonds is 7. The zero-order chi connectivity index (χ0) is 12.7. The van der Waals surface area contributed by atoms with Gasteiger partial charge in [-0.1, -0.05) is 61.2 Å². The number of hydrogen-bond donors (Lipinski definition) is 0. The van der Waals surface area contributed by atoms with Crippen molar-refractivity contribution < 1.29 is 4.79 Å². The molecular formula is C15H21BrO. The number of Topliss-reactive ketones (excluding diaryl/α,β-unsaturated/α-hetero) is 1. The number of carbonyl (C=O) groups excluding carboxylic acids is 1. The number of hydrogen-bond acceptors (Lipinski definition) is 1. The highest BCUT2D eigenvalue weighted by molar-refractivity contribution is 9.10. The summed E-state index contributed by atoms with van der Waals surface area (Å²) in [6.07, 6.45) is 5.37. The molecule has 0 unspecified atom stereocenters. The quantitative estimate of drug-likeness (QED) is 0.497. The minimum Gasteiger partial charge on any atom is -0.294 e. The zero-order valence-corrected chi connectivity index (χ0v) is 12.3. The van der Waals surface area contributed by atoms with Crippen LogP contribution in [0.4, 0.5) is 0 Å². The molecule has 0 radical (unpaired) electrons. The van der Waals surface area contributed by atoms with E-state index in [1.165, 1.54) is 19.3 Å². The van der Waals surface area contributed by atoms with E-state index in [-0.39, 0.29) is 5.78 Å². The lowest BCUT2D eigenvalue weighted by atomic mass is 10.0. The number of benzene rings is 1. The van der Waals surface area contributed by atoms with Crippen molar-refractivity contribution in [2.24, 2.45) is 5.92 Å². The largest absolute Gasteiger partial charge is 0.294 e. The van der Waals surface area contributed by atoms with Crippen LogP contribution in [0.3, 0.4) is 0 Å². The van der Waals surface area contributed by atoms with Crippen LogP contribution in [0.2, 0.25) is 0 Å². The molecule has 1 rings (SSSR count). The highest BCUT2D eigenvalue weighted by atomic mass is 79.9. The Kier molecular flexibility index (Phi) is 6.49. The van der Waals surface area contributed by atoms with Crippen molar-refractivity contribution in [3.63, 3.8) is 0 Å². The van der Waals surface area contributed by atoms with E-state index in [9.17, 15) is 4.79 Å². The van der Waals surface area contributed by atoms with E-state index in [0.717, 1.165) is 22.4 Å². The van der Waals surface area contributed by atoms with Crippen LogP contribution in [0.15, 0.2) is 28.7 Å². The molecule has 0 saturated heterocycles. The second-order valence-corrected chi connectivity index (χ2v) is 5.84. The Morgan fingerprint density at radius 2 is 1.76 bits per heavy atom. The summed E-state index contributed by atoms with van der Waals surface area (Å²) in [4.78, 5) is 11.8. The van der Waals surface area contributed by atoms with E-state index in [2.05, 4.69) is 29.8 Å². The molecule has 0 amide bonds. The van der Waals surface area contributed by atoms with Crippen molar-refractivity contribution in [2.75, 3.05) is 0 Å². The van der Waals surface area contributed by atoms with Crippen molar-refractivity contribution in [3.8, 4) is 0 Å². The molecule has 0 heterocycles. The van der Waals surface area contributed by atoms with Gasteiger partial charge in [0.05, 0.1) is 0 Å². The van der Waals surface area contributed by atoms with Gasteiger partial charge < -0.3 is 0 Å². The molecule has 0 aromatic heterocycles. The lowest BCUT2D eigenvalue weighted by Crippen LogP contribution is -1.98. The molecule has 0 saturated carbocycles. The van der Waals surface area contributed by atoms with E-state index in [4.69, 9.17) is 0 Å². The van der Waals surface area contributed by atoms with Crippen LogP contribution in [0.25, 0.3) is 0 Å². The van der Waals surface area contributed by atoms with Crippen LogP contribution < -0.4 is 0 Å². The van der Waals surface area contributed by atoms with Gasteiger partial charge in [0.2, 0.25) is 0 Å². The summed E-state index contributed by atoms with van der Waals surface area (Å²) in [7, 11) is 0. The molecule has 0 N–H and O–H groups in total. The third-order valence-corrected chi connectivity index (χ3v) is 3.38. The predicted octanol–water partition coefficient (Wildman–Crippen LogP) is 5.24. The summed E-state index contributed by atoms with van der Waals surface area (Å²) in [6.45, 7) is 4.49. The van der Waals surface area contributed by atoms with Gasteiger partial charge in [0.25, 0.3) is 0 Å². The normalized spacial score (nSPS) is 10.8. The van der Waals surface area contributed by atoms with Crippen LogP contribution in [0, 0.1) is 5.92 Å². The van der Waals surface area contributed by atoms with Gasteiger partial charge in [-0.05, 0) is 24.5 Å². The molecule has 0 atom stereocenters. The van der Waals surface area contributed by atoms with Crippen LogP contribution >= 0.6 is 15.9 Å². The summed E-state index contributed by atoms with van der Waals surface area (Å²) in [5, 5.41) is 0. The molecular weight excluding hydrogens is 276 g/mol. The molecule has 1 nitrogen and oxygen atoms in total. The van der Waals surface area contributed by atoms with Gasteiger partial charge in [0.15, 0.2) is 5.78 Å². The Morgan fingerprint density at radius 3 is 2.35 bits per heavy atom. The first-order chi connectivity index (χ1) is 8.09. The van der Waals surface area contributed by atoms with Crippen molar-refractivity contribution in [1.29, 1.82) is 0 Å². The molecule has 94 valence electrons. The Balaban J connectivity index is 2.23. The maximum Gasteiger partial charge on any atom is 0.162 e. The summed E-state index contributed by atoms with van der Waals surface area (Å²) >= 11 is 3.37. The Bertz CT molecular complexity index is 340. The molecule has 17 heavy (non-hydrogen) atoms. The number of unbranched alkanes of at least 4 members (excludes halogenated alkanes) is 2. The Labute approximate surface area is 113 Å². The number of halogens is 1. The van der Waals surface area contributed by atoms with Crippen molar-refractivity contribution in [1.82, 2.24) is 0 Å². The predicted molar refractivity (Wildman–Crippen MR) is 76.4 cm³/mol. The molecule has 2 heteroatoms. The highest BCUT2D eigenvalue weighted by Gasteiger charge is 2.05. The SMILES string of the molecule is CC(C)CCCCCC(=O)c1ccc(Br)cc1. The molecule has 0 bridgehead atoms. The van der Waals surface area contributed by atoms with E-state index in [0.29, 0.717) is 6.42 Å². The molecule has 1 aromatic carbocycles. The summed E-state index contributed by atoms with van der Waals surface area (Å²) in [6, 6.07) is 7.62. The van der Waals surface area contributed by atoms with Crippen molar-refractivity contribution in [2.45, 2.75) is 46.0 Å². The Hall–Kier alpha value is -0.630. The van der Waals surface area contributed by atoms with Crippen molar-refractivity contribution >= 4 is 21.7 Å². The first-order valence-electron chi connectivity index (χ1n) is 6.38. The maximum absolute atomic E-state index is 11.8. The second-order valence-electron chi connectivity index (χ2n) is 4.92. The lowest BCUT2D eigenvalue weighted by molar-refractivity contribution is 0.0979. The van der Waals surface area contributed by atoms with Gasteiger partial charge in [-0.2, -0.15) is 0 Å².